The van der Waals surface area contributed by atoms with E-state index in [1.165, 1.54) is 0 Å². The third-order valence-electron chi connectivity index (χ3n) is 5.11. The Labute approximate surface area is 155 Å². The highest BCUT2D eigenvalue weighted by Gasteiger charge is 2.29. The summed E-state index contributed by atoms with van der Waals surface area (Å²) in [4.78, 5) is 0. The van der Waals surface area contributed by atoms with Gasteiger partial charge in [0.1, 0.15) is 11.4 Å². The van der Waals surface area contributed by atoms with Crippen molar-refractivity contribution in [1.82, 2.24) is 4.57 Å². The van der Waals surface area contributed by atoms with Gasteiger partial charge < -0.3 is 20.7 Å². The zero-order chi connectivity index (χ0) is 18.4. The van der Waals surface area contributed by atoms with Crippen LogP contribution < -0.4 is 10.5 Å². The van der Waals surface area contributed by atoms with Crippen molar-refractivity contribution in [3.63, 3.8) is 0 Å². The number of hydrogen-bond acceptors (Lipinski definition) is 4. The number of nitrogens with zero attached hydrogens (tertiary/aromatic N) is 1. The number of aromatic nitrogens is 1. The second-order valence-electron chi connectivity index (χ2n) is 6.77. The van der Waals surface area contributed by atoms with Gasteiger partial charge in [0.05, 0.1) is 11.1 Å². The Morgan fingerprint density at radius 2 is 1.96 bits per heavy atom. The molecule has 5 nitrogen and oxygen atoms in total. The lowest BCUT2D eigenvalue weighted by Crippen LogP contribution is -2.14. The molecule has 0 unspecified atom stereocenters. The van der Waals surface area contributed by atoms with Crippen LogP contribution >= 0.6 is 11.6 Å². The molecular formula is C19H20ClFN2O3. The standard InChI is InChI=1S/C19H20ClFN2O3/c20-13-9-14(21)16(15(22)17(13)26-10-5-1-2-6-10)23-18(24)11-7-3-4-8-12(11)19(23)25/h3,7,9-10,24-25H,1-2,4-6,8,22H2. The molecule has 1 heterocycles. The predicted octanol–water partition coefficient (Wildman–Crippen LogP) is 4.54. The van der Waals surface area contributed by atoms with Gasteiger partial charge in [0.2, 0.25) is 11.8 Å². The molecule has 0 radical (unpaired) electrons. The summed E-state index contributed by atoms with van der Waals surface area (Å²) in [6.45, 7) is 0. The molecule has 0 aliphatic heterocycles. The maximum atomic E-state index is 14.7. The fraction of sp³-hybridized carbons (Fsp3) is 0.368. The van der Waals surface area contributed by atoms with Gasteiger partial charge in [0, 0.05) is 11.1 Å². The number of ether oxygens (including phenoxy) is 1. The Hall–Kier alpha value is -2.34. The first-order valence-corrected chi connectivity index (χ1v) is 9.13. The van der Waals surface area contributed by atoms with Crippen molar-refractivity contribution in [1.29, 1.82) is 0 Å². The van der Waals surface area contributed by atoms with Crippen LogP contribution in [0.4, 0.5) is 10.1 Å². The van der Waals surface area contributed by atoms with Crippen LogP contribution in [0.2, 0.25) is 5.02 Å². The highest BCUT2D eigenvalue weighted by Crippen LogP contribution is 2.46. The van der Waals surface area contributed by atoms with Crippen LogP contribution in [0.3, 0.4) is 0 Å². The molecule has 1 fully saturated rings. The Kier molecular flexibility index (Phi) is 4.23. The second-order valence-corrected chi connectivity index (χ2v) is 7.18. The normalized spacial score (nSPS) is 16.8. The highest BCUT2D eigenvalue weighted by atomic mass is 35.5. The van der Waals surface area contributed by atoms with Crippen LogP contribution in [0, 0.1) is 5.82 Å². The van der Waals surface area contributed by atoms with Gasteiger partial charge in [-0.15, -0.1) is 0 Å². The lowest BCUT2D eigenvalue weighted by Gasteiger charge is -2.20. The smallest absolute Gasteiger partial charge is 0.206 e. The molecule has 0 spiro atoms. The van der Waals surface area contributed by atoms with Crippen molar-refractivity contribution in [2.45, 2.75) is 44.6 Å². The van der Waals surface area contributed by atoms with Gasteiger partial charge in [-0.2, -0.15) is 0 Å². The van der Waals surface area contributed by atoms with E-state index in [9.17, 15) is 14.6 Å². The molecule has 0 amide bonds. The van der Waals surface area contributed by atoms with Gasteiger partial charge in [-0.1, -0.05) is 23.8 Å². The van der Waals surface area contributed by atoms with E-state index in [0.29, 0.717) is 17.5 Å². The van der Waals surface area contributed by atoms with E-state index in [2.05, 4.69) is 0 Å². The average Bonchev–Trinajstić information content (AvgIpc) is 3.21. The number of halogens is 2. The minimum atomic E-state index is -0.742. The number of benzene rings is 1. The summed E-state index contributed by atoms with van der Waals surface area (Å²) in [5.74, 6) is -1.03. The number of hydrogen-bond donors (Lipinski definition) is 3. The summed E-state index contributed by atoms with van der Waals surface area (Å²) in [7, 11) is 0. The fourth-order valence-electron chi connectivity index (χ4n) is 3.80. The topological polar surface area (TPSA) is 80.6 Å². The molecule has 4 rings (SSSR count). The predicted molar refractivity (Wildman–Crippen MR) is 98.7 cm³/mol. The molecule has 2 aliphatic rings. The Morgan fingerprint density at radius 3 is 2.65 bits per heavy atom. The molecule has 2 aliphatic carbocycles. The van der Waals surface area contributed by atoms with Crippen molar-refractivity contribution in [2.75, 3.05) is 5.73 Å². The van der Waals surface area contributed by atoms with Crippen LogP contribution in [0.5, 0.6) is 17.5 Å². The quantitative estimate of drug-likeness (QED) is 0.685. The van der Waals surface area contributed by atoms with Crippen LogP contribution in [0.1, 0.15) is 43.2 Å². The highest BCUT2D eigenvalue weighted by molar-refractivity contribution is 6.32. The molecule has 0 bridgehead atoms. The van der Waals surface area contributed by atoms with E-state index in [1.807, 2.05) is 6.08 Å². The van der Waals surface area contributed by atoms with Crippen molar-refractivity contribution < 1.29 is 19.3 Å². The molecule has 0 saturated heterocycles. The van der Waals surface area contributed by atoms with Crippen LogP contribution in [0.25, 0.3) is 11.8 Å². The van der Waals surface area contributed by atoms with Crippen molar-refractivity contribution in [2.24, 2.45) is 0 Å². The minimum absolute atomic E-state index is 0.0175. The summed E-state index contributed by atoms with van der Waals surface area (Å²) in [6, 6.07) is 1.10. The van der Waals surface area contributed by atoms with Crippen molar-refractivity contribution in [3.05, 3.63) is 34.1 Å². The van der Waals surface area contributed by atoms with Crippen LogP contribution in [0.15, 0.2) is 12.1 Å². The number of aromatic hydroxyl groups is 2. The molecule has 7 heteroatoms. The van der Waals surface area contributed by atoms with Gasteiger partial charge in [-0.25, -0.2) is 8.96 Å². The number of fused-ring (bicyclic) bond motifs is 1. The number of rotatable bonds is 3. The third-order valence-corrected chi connectivity index (χ3v) is 5.39. The Balaban J connectivity index is 1.87. The lowest BCUT2D eigenvalue weighted by molar-refractivity contribution is 0.211. The first kappa shape index (κ1) is 17.1. The number of nitrogen functional groups attached to an aromatic ring is 1. The third kappa shape index (κ3) is 2.60. The van der Waals surface area contributed by atoms with Gasteiger partial charge in [0.15, 0.2) is 11.6 Å². The number of nitrogens with two attached hydrogens (primary N) is 1. The molecule has 0 atom stereocenters. The zero-order valence-corrected chi connectivity index (χ0v) is 14.9. The monoisotopic (exact) mass is 378 g/mol. The minimum Gasteiger partial charge on any atom is -0.494 e. The van der Waals surface area contributed by atoms with E-state index in [1.54, 1.807) is 6.08 Å². The van der Waals surface area contributed by atoms with Gasteiger partial charge in [-0.05, 0) is 44.6 Å². The first-order valence-electron chi connectivity index (χ1n) is 8.75. The molecule has 1 aromatic heterocycles. The van der Waals surface area contributed by atoms with Gasteiger partial charge in [-0.3, -0.25) is 0 Å². The lowest BCUT2D eigenvalue weighted by atomic mass is 10.0. The zero-order valence-electron chi connectivity index (χ0n) is 14.1. The average molecular weight is 379 g/mol. The van der Waals surface area contributed by atoms with Gasteiger partial charge >= 0.3 is 0 Å². The molecular weight excluding hydrogens is 359 g/mol. The number of anilines is 1. The first-order chi connectivity index (χ1) is 12.5. The van der Waals surface area contributed by atoms with E-state index in [-0.39, 0.29) is 40.0 Å². The van der Waals surface area contributed by atoms with Crippen molar-refractivity contribution >= 4 is 23.4 Å². The van der Waals surface area contributed by atoms with Crippen molar-refractivity contribution in [3.8, 4) is 23.2 Å². The molecule has 1 aromatic carbocycles. The summed E-state index contributed by atoms with van der Waals surface area (Å²) in [6.07, 6.45) is 8.78. The van der Waals surface area contributed by atoms with E-state index >= 15 is 0 Å². The summed E-state index contributed by atoms with van der Waals surface area (Å²) >= 11 is 6.16. The second kappa shape index (κ2) is 6.43. The summed E-state index contributed by atoms with van der Waals surface area (Å²) in [5, 5.41) is 21.2. The van der Waals surface area contributed by atoms with E-state index in [4.69, 9.17) is 22.1 Å². The molecule has 1 saturated carbocycles. The Morgan fingerprint density at radius 1 is 1.23 bits per heavy atom. The maximum Gasteiger partial charge on any atom is 0.206 e. The SMILES string of the molecule is Nc1c(OC2CCCC2)c(Cl)cc(F)c1-n1c(O)c2c(c1O)CCC=C2. The maximum absolute atomic E-state index is 14.7. The molecule has 26 heavy (non-hydrogen) atoms. The molecule has 2 aromatic rings. The fourth-order valence-corrected chi connectivity index (χ4v) is 4.05. The Bertz CT molecular complexity index is 901. The van der Waals surface area contributed by atoms with E-state index in [0.717, 1.165) is 42.7 Å². The largest absolute Gasteiger partial charge is 0.494 e. The van der Waals surface area contributed by atoms with Crippen LogP contribution in [-0.2, 0) is 6.42 Å². The molecule has 4 N–H and O–H groups in total. The molecule has 138 valence electrons. The number of allylic oxidation sites excluding steroid dienone is 1. The summed E-state index contributed by atoms with van der Waals surface area (Å²) < 4.78 is 21.7. The van der Waals surface area contributed by atoms with E-state index < -0.39 is 5.82 Å². The summed E-state index contributed by atoms with van der Waals surface area (Å²) in [5.41, 5.74) is 7.03. The van der Waals surface area contributed by atoms with Crippen LogP contribution in [-0.4, -0.2) is 20.9 Å². The van der Waals surface area contributed by atoms with Gasteiger partial charge in [0.25, 0.3) is 0 Å².